The second-order valence-corrected chi connectivity index (χ2v) is 9.75. The zero-order valence-corrected chi connectivity index (χ0v) is 21.6. The summed E-state index contributed by atoms with van der Waals surface area (Å²) >= 11 is 0. The Labute approximate surface area is 220 Å². The number of halogens is 2. The number of aliphatic hydroxyl groups excluding tert-OH is 1. The molecule has 1 amide bonds. The maximum Gasteiger partial charge on any atom is 0.256 e. The summed E-state index contributed by atoms with van der Waals surface area (Å²) < 4.78 is 30.0. The van der Waals surface area contributed by atoms with Crippen molar-refractivity contribution in [1.29, 1.82) is 0 Å². The molecule has 0 spiro atoms. The van der Waals surface area contributed by atoms with Crippen LogP contribution < -0.4 is 15.6 Å². The minimum absolute atomic E-state index is 0.0375. The van der Waals surface area contributed by atoms with Gasteiger partial charge >= 0.3 is 0 Å². The standard InChI is InChI=1S/C29H34F2N4O3/c1-3-7-19(4-2)13-14-32-29(38)23-17-35(25-11-9-20(30)16-24(25)31)28-22(27(23)37)10-12-26(33-28)34-15-6-5-8-21(34)18-36/h3,9-12,16-17,19,21,36H,1,4-8,13-15,18H2,2H3,(H,32,38). The van der Waals surface area contributed by atoms with Gasteiger partial charge in [0.05, 0.1) is 23.7 Å². The first-order valence-corrected chi connectivity index (χ1v) is 13.2. The molecule has 2 unspecified atom stereocenters. The molecule has 1 aromatic carbocycles. The number of pyridine rings is 2. The average molecular weight is 525 g/mol. The summed E-state index contributed by atoms with van der Waals surface area (Å²) in [5.74, 6) is -1.25. The van der Waals surface area contributed by atoms with Gasteiger partial charge in [0.2, 0.25) is 5.43 Å². The van der Waals surface area contributed by atoms with Gasteiger partial charge in [0.1, 0.15) is 23.0 Å². The Hall–Kier alpha value is -3.59. The smallest absolute Gasteiger partial charge is 0.256 e. The summed E-state index contributed by atoms with van der Waals surface area (Å²) in [6.07, 6.45) is 8.36. The van der Waals surface area contributed by atoms with E-state index in [1.807, 2.05) is 11.0 Å². The number of carbonyl (C=O) groups is 1. The second kappa shape index (κ2) is 12.3. The molecule has 1 aliphatic rings. The Morgan fingerprint density at radius 3 is 2.82 bits per heavy atom. The van der Waals surface area contributed by atoms with Gasteiger partial charge in [-0.15, -0.1) is 6.58 Å². The molecule has 38 heavy (non-hydrogen) atoms. The number of rotatable bonds is 10. The van der Waals surface area contributed by atoms with Gasteiger partial charge in [-0.05, 0) is 62.3 Å². The number of amides is 1. The van der Waals surface area contributed by atoms with E-state index in [0.717, 1.165) is 50.7 Å². The van der Waals surface area contributed by atoms with Gasteiger partial charge < -0.3 is 15.3 Å². The van der Waals surface area contributed by atoms with Gasteiger partial charge in [-0.2, -0.15) is 0 Å². The lowest BCUT2D eigenvalue weighted by Crippen LogP contribution is -2.42. The van der Waals surface area contributed by atoms with Gasteiger partial charge in [-0.1, -0.05) is 19.4 Å². The van der Waals surface area contributed by atoms with E-state index < -0.39 is 23.0 Å². The predicted molar refractivity (Wildman–Crippen MR) is 145 cm³/mol. The van der Waals surface area contributed by atoms with Crippen LogP contribution in [0.2, 0.25) is 0 Å². The normalized spacial score (nSPS) is 16.4. The number of hydrogen-bond donors (Lipinski definition) is 2. The quantitative estimate of drug-likeness (QED) is 0.374. The van der Waals surface area contributed by atoms with Crippen molar-refractivity contribution in [1.82, 2.24) is 14.9 Å². The molecule has 0 radical (unpaired) electrons. The fourth-order valence-corrected chi connectivity index (χ4v) is 5.08. The Balaban J connectivity index is 1.79. The second-order valence-electron chi connectivity index (χ2n) is 9.75. The largest absolute Gasteiger partial charge is 0.394 e. The van der Waals surface area contributed by atoms with E-state index in [1.54, 1.807) is 12.1 Å². The Morgan fingerprint density at radius 2 is 2.11 bits per heavy atom. The lowest BCUT2D eigenvalue weighted by atomic mass is 9.98. The third-order valence-corrected chi connectivity index (χ3v) is 7.30. The van der Waals surface area contributed by atoms with E-state index in [4.69, 9.17) is 4.98 Å². The molecule has 2 atom stereocenters. The van der Waals surface area contributed by atoms with E-state index in [2.05, 4.69) is 18.8 Å². The first-order chi connectivity index (χ1) is 18.4. The SMILES string of the molecule is C=CCC(CC)CCNC(=O)c1cn(-c2ccc(F)cc2F)c2nc(N3CCCCC3CO)ccc2c1=O. The molecule has 0 aliphatic carbocycles. The highest BCUT2D eigenvalue weighted by atomic mass is 19.1. The van der Waals surface area contributed by atoms with Crippen LogP contribution in [-0.4, -0.2) is 46.3 Å². The van der Waals surface area contributed by atoms with Gasteiger partial charge in [0.25, 0.3) is 5.91 Å². The number of hydrogen-bond acceptors (Lipinski definition) is 5. The Kier molecular flexibility index (Phi) is 8.89. The number of anilines is 1. The Morgan fingerprint density at radius 1 is 1.29 bits per heavy atom. The van der Waals surface area contributed by atoms with E-state index in [-0.39, 0.29) is 34.9 Å². The van der Waals surface area contributed by atoms with Crippen LogP contribution in [0.4, 0.5) is 14.6 Å². The molecule has 3 aromatic rings. The highest BCUT2D eigenvalue weighted by molar-refractivity contribution is 5.97. The summed E-state index contributed by atoms with van der Waals surface area (Å²) in [6, 6.07) is 6.27. The maximum absolute atomic E-state index is 15.0. The van der Waals surface area contributed by atoms with Crippen LogP contribution in [0.3, 0.4) is 0 Å². The predicted octanol–water partition coefficient (Wildman–Crippen LogP) is 4.74. The topological polar surface area (TPSA) is 87.5 Å². The van der Waals surface area contributed by atoms with Gasteiger partial charge in [0, 0.05) is 25.4 Å². The van der Waals surface area contributed by atoms with Gasteiger partial charge in [0.15, 0.2) is 5.65 Å². The number of nitrogens with one attached hydrogen (secondary N) is 1. The highest BCUT2D eigenvalue weighted by Gasteiger charge is 2.25. The van der Waals surface area contributed by atoms with Crippen LogP contribution in [0.5, 0.6) is 0 Å². The molecule has 4 rings (SSSR count). The lowest BCUT2D eigenvalue weighted by Gasteiger charge is -2.35. The zero-order valence-electron chi connectivity index (χ0n) is 21.6. The number of allylic oxidation sites excluding steroid dienone is 1. The summed E-state index contributed by atoms with van der Waals surface area (Å²) in [6.45, 7) is 6.87. The first kappa shape index (κ1) is 27.4. The van der Waals surface area contributed by atoms with E-state index >= 15 is 0 Å². The molecule has 1 aliphatic heterocycles. The zero-order chi connectivity index (χ0) is 27.2. The summed E-state index contributed by atoms with van der Waals surface area (Å²) in [7, 11) is 0. The minimum atomic E-state index is -0.852. The minimum Gasteiger partial charge on any atom is -0.394 e. The Bertz CT molecular complexity index is 1370. The van der Waals surface area contributed by atoms with E-state index in [1.165, 1.54) is 16.8 Å². The van der Waals surface area contributed by atoms with Crippen LogP contribution in [0.1, 0.15) is 55.8 Å². The lowest BCUT2D eigenvalue weighted by molar-refractivity contribution is 0.0950. The fraction of sp³-hybridized carbons (Fsp3) is 0.414. The molecule has 2 aromatic heterocycles. The van der Waals surface area contributed by atoms with Crippen LogP contribution in [-0.2, 0) is 0 Å². The number of aromatic nitrogens is 2. The van der Waals surface area contributed by atoms with Crippen molar-refractivity contribution in [3.8, 4) is 5.69 Å². The number of piperidine rings is 1. The van der Waals surface area contributed by atoms with Crippen molar-refractivity contribution in [2.24, 2.45) is 5.92 Å². The van der Waals surface area contributed by atoms with Crippen molar-refractivity contribution in [2.45, 2.75) is 51.5 Å². The summed E-state index contributed by atoms with van der Waals surface area (Å²) in [5, 5.41) is 12.8. The number of carbonyl (C=O) groups excluding carboxylic acids is 1. The first-order valence-electron chi connectivity index (χ1n) is 13.2. The molecular weight excluding hydrogens is 490 g/mol. The number of benzene rings is 1. The molecule has 1 fully saturated rings. The van der Waals surface area contributed by atoms with Crippen molar-refractivity contribution < 1.29 is 18.7 Å². The number of nitrogens with zero attached hydrogens (tertiary/aromatic N) is 3. The van der Waals surface area contributed by atoms with Crippen molar-refractivity contribution in [3.05, 3.63) is 76.6 Å². The van der Waals surface area contributed by atoms with Crippen LogP contribution >= 0.6 is 0 Å². The molecule has 202 valence electrons. The summed E-state index contributed by atoms with van der Waals surface area (Å²) in [5.41, 5.74) is -0.567. The van der Waals surface area contributed by atoms with Gasteiger partial charge in [-0.3, -0.25) is 14.2 Å². The molecule has 0 bridgehead atoms. The van der Waals surface area contributed by atoms with Gasteiger partial charge in [-0.25, -0.2) is 13.8 Å². The van der Waals surface area contributed by atoms with Crippen LogP contribution in [0, 0.1) is 17.6 Å². The molecule has 3 heterocycles. The van der Waals surface area contributed by atoms with Crippen molar-refractivity contribution in [3.63, 3.8) is 0 Å². The molecule has 2 N–H and O–H groups in total. The molecule has 1 saturated heterocycles. The molecule has 0 saturated carbocycles. The number of fused-ring (bicyclic) bond motifs is 1. The van der Waals surface area contributed by atoms with Crippen molar-refractivity contribution >= 4 is 22.8 Å². The fourth-order valence-electron chi connectivity index (χ4n) is 5.08. The van der Waals surface area contributed by atoms with Crippen LogP contribution in [0.15, 0.2) is 54.0 Å². The third kappa shape index (κ3) is 5.78. The molecule has 7 nitrogen and oxygen atoms in total. The summed E-state index contributed by atoms with van der Waals surface area (Å²) in [4.78, 5) is 33.2. The average Bonchev–Trinajstić information content (AvgIpc) is 2.93. The van der Waals surface area contributed by atoms with Crippen LogP contribution in [0.25, 0.3) is 16.7 Å². The van der Waals surface area contributed by atoms with E-state index in [9.17, 15) is 23.5 Å². The van der Waals surface area contributed by atoms with E-state index in [0.29, 0.717) is 24.8 Å². The molecular formula is C29H34F2N4O3. The monoisotopic (exact) mass is 524 g/mol. The maximum atomic E-state index is 15.0. The third-order valence-electron chi connectivity index (χ3n) is 7.30. The number of aliphatic hydroxyl groups is 1. The van der Waals surface area contributed by atoms with Crippen molar-refractivity contribution in [2.75, 3.05) is 24.6 Å². The molecule has 9 heteroatoms. The highest BCUT2D eigenvalue weighted by Crippen LogP contribution is 2.26.